The van der Waals surface area contributed by atoms with E-state index in [4.69, 9.17) is 16.3 Å². The number of benzene rings is 2. The number of carbonyl (C=O) groups excluding carboxylic acids is 2. The average Bonchev–Trinajstić information content (AvgIpc) is 2.55. The van der Waals surface area contributed by atoms with Crippen LogP contribution in [-0.2, 0) is 9.53 Å². The Labute approximate surface area is 154 Å². The van der Waals surface area contributed by atoms with Crippen molar-refractivity contribution in [2.75, 3.05) is 0 Å². The second-order valence-corrected chi connectivity index (χ2v) is 6.63. The van der Waals surface area contributed by atoms with Crippen LogP contribution in [0.5, 0.6) is 0 Å². The Morgan fingerprint density at radius 1 is 1.08 bits per heavy atom. The fraction of sp³-hybridized carbons (Fsp3) is 0.222. The lowest BCUT2D eigenvalue weighted by molar-refractivity contribution is -0.150. The van der Waals surface area contributed by atoms with Crippen LogP contribution in [0.15, 0.2) is 53.0 Å². The standard InChI is InChI=1S/C18H17BrClNO3/c1-11(21-17(22)13-7-9-14(19)10-8-13)18(23)24-12(2)15-5-3-4-6-16(15)20/h3-12H,1-2H3,(H,21,22)/t11-,12+/m0/s1. The van der Waals surface area contributed by atoms with Crippen molar-refractivity contribution in [3.05, 3.63) is 69.2 Å². The number of amides is 1. The van der Waals surface area contributed by atoms with Crippen LogP contribution in [-0.4, -0.2) is 17.9 Å². The first kappa shape index (κ1) is 18.5. The Kier molecular flexibility index (Phi) is 6.40. The van der Waals surface area contributed by atoms with Crippen molar-refractivity contribution >= 4 is 39.4 Å². The molecule has 1 N–H and O–H groups in total. The second-order valence-electron chi connectivity index (χ2n) is 5.30. The first-order chi connectivity index (χ1) is 11.4. The molecular weight excluding hydrogens is 394 g/mol. The van der Waals surface area contributed by atoms with E-state index >= 15 is 0 Å². The van der Waals surface area contributed by atoms with Crippen LogP contribution in [0, 0.1) is 0 Å². The molecule has 2 atom stereocenters. The Hall–Kier alpha value is -1.85. The number of carbonyl (C=O) groups is 2. The Morgan fingerprint density at radius 2 is 1.71 bits per heavy atom. The predicted molar refractivity (Wildman–Crippen MR) is 97.0 cm³/mol. The molecule has 0 saturated carbocycles. The summed E-state index contributed by atoms with van der Waals surface area (Å²) in [6.07, 6.45) is -0.502. The van der Waals surface area contributed by atoms with E-state index in [1.165, 1.54) is 0 Å². The van der Waals surface area contributed by atoms with Crippen molar-refractivity contribution in [3.63, 3.8) is 0 Å². The van der Waals surface area contributed by atoms with Crippen LogP contribution < -0.4 is 5.32 Å². The van der Waals surface area contributed by atoms with Gasteiger partial charge in [0, 0.05) is 20.6 Å². The zero-order valence-electron chi connectivity index (χ0n) is 13.3. The number of halogens is 2. The molecular formula is C18H17BrClNO3. The van der Waals surface area contributed by atoms with Crippen molar-refractivity contribution in [1.29, 1.82) is 0 Å². The van der Waals surface area contributed by atoms with Crippen LogP contribution in [0.4, 0.5) is 0 Å². The molecule has 0 fully saturated rings. The van der Waals surface area contributed by atoms with E-state index in [0.717, 1.165) is 10.0 Å². The van der Waals surface area contributed by atoms with Gasteiger partial charge in [-0.1, -0.05) is 45.7 Å². The third-order valence-electron chi connectivity index (χ3n) is 3.44. The molecule has 0 radical (unpaired) electrons. The molecule has 0 aromatic heterocycles. The Bertz CT molecular complexity index is 733. The molecule has 0 aliphatic carbocycles. The highest BCUT2D eigenvalue weighted by molar-refractivity contribution is 9.10. The lowest BCUT2D eigenvalue weighted by Crippen LogP contribution is -2.39. The van der Waals surface area contributed by atoms with Crippen molar-refractivity contribution in [1.82, 2.24) is 5.32 Å². The summed E-state index contributed by atoms with van der Waals surface area (Å²) < 4.78 is 6.26. The van der Waals surface area contributed by atoms with E-state index < -0.39 is 18.1 Å². The van der Waals surface area contributed by atoms with Gasteiger partial charge in [0.25, 0.3) is 5.91 Å². The van der Waals surface area contributed by atoms with E-state index in [-0.39, 0.29) is 5.91 Å². The zero-order chi connectivity index (χ0) is 17.7. The molecule has 4 nitrogen and oxygen atoms in total. The van der Waals surface area contributed by atoms with Gasteiger partial charge in [0.05, 0.1) is 0 Å². The maximum atomic E-state index is 12.2. The van der Waals surface area contributed by atoms with Crippen LogP contribution in [0.1, 0.15) is 35.9 Å². The number of nitrogens with one attached hydrogen (secondary N) is 1. The van der Waals surface area contributed by atoms with Gasteiger partial charge in [-0.05, 0) is 44.2 Å². The highest BCUT2D eigenvalue weighted by atomic mass is 79.9. The van der Waals surface area contributed by atoms with Gasteiger partial charge in [0.15, 0.2) is 0 Å². The fourth-order valence-electron chi connectivity index (χ4n) is 2.08. The molecule has 6 heteroatoms. The number of hydrogen-bond acceptors (Lipinski definition) is 3. The van der Waals surface area contributed by atoms with Crippen LogP contribution in [0.25, 0.3) is 0 Å². The third-order valence-corrected chi connectivity index (χ3v) is 4.32. The predicted octanol–water partition coefficient (Wildman–Crippen LogP) is 4.53. The van der Waals surface area contributed by atoms with Crippen molar-refractivity contribution in [2.24, 2.45) is 0 Å². The Balaban J connectivity index is 1.95. The second kappa shape index (κ2) is 8.31. The van der Waals surface area contributed by atoms with Crippen LogP contribution in [0.2, 0.25) is 5.02 Å². The monoisotopic (exact) mass is 409 g/mol. The molecule has 2 aromatic carbocycles. The van der Waals surface area contributed by atoms with Gasteiger partial charge in [-0.2, -0.15) is 0 Å². The maximum Gasteiger partial charge on any atom is 0.328 e. The molecule has 2 rings (SSSR count). The summed E-state index contributed by atoms with van der Waals surface area (Å²) in [4.78, 5) is 24.3. The molecule has 0 bridgehead atoms. The van der Waals surface area contributed by atoms with Crippen molar-refractivity contribution in [3.8, 4) is 0 Å². The highest BCUT2D eigenvalue weighted by Gasteiger charge is 2.21. The van der Waals surface area contributed by atoms with Gasteiger partial charge >= 0.3 is 5.97 Å². The van der Waals surface area contributed by atoms with Crippen molar-refractivity contribution < 1.29 is 14.3 Å². The van der Waals surface area contributed by atoms with E-state index in [0.29, 0.717) is 10.6 Å². The normalized spacial score (nSPS) is 13.0. The first-order valence-electron chi connectivity index (χ1n) is 7.40. The van der Waals surface area contributed by atoms with Gasteiger partial charge in [-0.25, -0.2) is 4.79 Å². The fourth-order valence-corrected chi connectivity index (χ4v) is 2.64. The summed E-state index contributed by atoms with van der Waals surface area (Å²) in [5.74, 6) is -0.856. The summed E-state index contributed by atoms with van der Waals surface area (Å²) in [5.41, 5.74) is 1.19. The van der Waals surface area contributed by atoms with Gasteiger partial charge in [-0.15, -0.1) is 0 Å². The summed E-state index contributed by atoms with van der Waals surface area (Å²) >= 11 is 9.40. The number of esters is 1. The number of hydrogen-bond donors (Lipinski definition) is 1. The highest BCUT2D eigenvalue weighted by Crippen LogP contribution is 2.25. The maximum absolute atomic E-state index is 12.2. The molecule has 0 aliphatic rings. The number of ether oxygens (including phenoxy) is 1. The molecule has 0 heterocycles. The third kappa shape index (κ3) is 4.82. The Morgan fingerprint density at radius 3 is 2.33 bits per heavy atom. The summed E-state index contributed by atoms with van der Waals surface area (Å²) in [6, 6.07) is 13.3. The van der Waals surface area contributed by atoms with Gasteiger partial charge in [-0.3, -0.25) is 4.79 Å². The molecule has 0 aliphatic heterocycles. The largest absolute Gasteiger partial charge is 0.456 e. The van der Waals surface area contributed by atoms with Crippen LogP contribution >= 0.6 is 27.5 Å². The lowest BCUT2D eigenvalue weighted by atomic mass is 10.1. The van der Waals surface area contributed by atoms with Gasteiger partial charge < -0.3 is 10.1 Å². The first-order valence-corrected chi connectivity index (χ1v) is 8.57. The SMILES string of the molecule is C[C@H](NC(=O)c1ccc(Br)cc1)C(=O)O[C@H](C)c1ccccc1Cl. The smallest absolute Gasteiger partial charge is 0.328 e. The van der Waals surface area contributed by atoms with Gasteiger partial charge in [0.1, 0.15) is 12.1 Å². The summed E-state index contributed by atoms with van der Waals surface area (Å²) in [5, 5.41) is 3.16. The number of rotatable bonds is 5. The zero-order valence-corrected chi connectivity index (χ0v) is 15.6. The minimum Gasteiger partial charge on any atom is -0.456 e. The van der Waals surface area contributed by atoms with E-state index in [9.17, 15) is 9.59 Å². The molecule has 0 saturated heterocycles. The van der Waals surface area contributed by atoms with Gasteiger partial charge in [0.2, 0.25) is 0 Å². The van der Waals surface area contributed by atoms with Crippen LogP contribution in [0.3, 0.4) is 0 Å². The molecule has 0 spiro atoms. The topological polar surface area (TPSA) is 55.4 Å². The van der Waals surface area contributed by atoms with Crippen molar-refractivity contribution in [2.45, 2.75) is 26.0 Å². The summed E-state index contributed by atoms with van der Waals surface area (Å²) in [7, 11) is 0. The molecule has 0 unspecified atom stereocenters. The molecule has 1 amide bonds. The quantitative estimate of drug-likeness (QED) is 0.737. The van der Waals surface area contributed by atoms with E-state index in [1.807, 2.05) is 6.07 Å². The minimum atomic E-state index is -0.772. The summed E-state index contributed by atoms with van der Waals surface area (Å²) in [6.45, 7) is 3.32. The van der Waals surface area contributed by atoms with E-state index in [1.54, 1.807) is 56.3 Å². The molecule has 2 aromatic rings. The molecule has 126 valence electrons. The molecule has 24 heavy (non-hydrogen) atoms. The van der Waals surface area contributed by atoms with E-state index in [2.05, 4.69) is 21.2 Å². The minimum absolute atomic E-state index is 0.336. The lowest BCUT2D eigenvalue weighted by Gasteiger charge is -2.18. The average molecular weight is 411 g/mol.